The predicted octanol–water partition coefficient (Wildman–Crippen LogP) is 3.83. The highest BCUT2D eigenvalue weighted by Crippen LogP contribution is 2.22. The minimum absolute atomic E-state index is 0.154. The third kappa shape index (κ3) is 12.8. The average molecular weight is 704 g/mol. The molecule has 0 spiro atoms. The van der Waals surface area contributed by atoms with Crippen LogP contribution < -0.4 is 15.8 Å². The Morgan fingerprint density at radius 2 is 1.35 bits per heavy atom. The zero-order valence-electron chi connectivity index (χ0n) is 31.6. The lowest BCUT2D eigenvalue weighted by Crippen LogP contribution is -2.58. The maximum absolute atomic E-state index is 13.8. The molecule has 0 fully saturated rings. The number of hydrogen-bond donors (Lipinski definition) is 2. The molecule has 11 heteroatoms. The van der Waals surface area contributed by atoms with Crippen molar-refractivity contribution in [2.45, 2.75) is 96.8 Å². The van der Waals surface area contributed by atoms with E-state index in [1.165, 1.54) is 28.8 Å². The first-order valence-corrected chi connectivity index (χ1v) is 17.6. The van der Waals surface area contributed by atoms with E-state index >= 15 is 0 Å². The number of carbonyl (C=O) groups is 5. The van der Waals surface area contributed by atoms with Crippen LogP contribution in [0.15, 0.2) is 54.6 Å². The Morgan fingerprint density at radius 3 is 1.92 bits per heavy atom. The van der Waals surface area contributed by atoms with Crippen molar-refractivity contribution in [2.75, 3.05) is 28.3 Å². The lowest BCUT2D eigenvalue weighted by atomic mass is 9.91. The Morgan fingerprint density at radius 1 is 0.784 bits per heavy atom. The lowest BCUT2D eigenvalue weighted by molar-refractivity contribution is -0.148. The molecule has 2 rings (SSSR count). The summed E-state index contributed by atoms with van der Waals surface area (Å²) in [6, 6.07) is 12.6. The summed E-state index contributed by atoms with van der Waals surface area (Å²) in [5, 5.41) is 2.79. The molecule has 0 aliphatic heterocycles. The van der Waals surface area contributed by atoms with E-state index in [1.807, 2.05) is 37.3 Å². The van der Waals surface area contributed by atoms with Crippen LogP contribution in [0.2, 0.25) is 0 Å². The van der Waals surface area contributed by atoms with Gasteiger partial charge in [0, 0.05) is 46.3 Å². The summed E-state index contributed by atoms with van der Waals surface area (Å²) >= 11 is 0. The van der Waals surface area contributed by atoms with E-state index in [0.717, 1.165) is 36.8 Å². The fourth-order valence-electron chi connectivity index (χ4n) is 6.18. The number of hydrogen-bond acceptors (Lipinski definition) is 6. The van der Waals surface area contributed by atoms with Gasteiger partial charge in [-0.05, 0) is 55.9 Å². The van der Waals surface area contributed by atoms with Gasteiger partial charge in [-0.1, -0.05) is 69.2 Å². The summed E-state index contributed by atoms with van der Waals surface area (Å²) in [6.45, 7) is 7.10. The van der Waals surface area contributed by atoms with Gasteiger partial charge in [0.15, 0.2) is 0 Å². The van der Waals surface area contributed by atoms with Gasteiger partial charge in [-0.25, -0.2) is 0 Å². The molecule has 278 valence electrons. The van der Waals surface area contributed by atoms with Crippen molar-refractivity contribution in [3.05, 3.63) is 65.7 Å². The van der Waals surface area contributed by atoms with Crippen molar-refractivity contribution in [2.24, 2.45) is 17.6 Å². The van der Waals surface area contributed by atoms with Crippen LogP contribution in [0.1, 0.15) is 70.9 Å². The summed E-state index contributed by atoms with van der Waals surface area (Å²) < 4.78 is 5.19. The standard InChI is InChI=1S/C40H57N5O6/c1-10-11-12-14-17-27(2)24-28(3)38(48)45(8)35(26-31-18-15-13-16-19-31)37(47)42-29(4)39(49)43(6)30(5)40(50)44(7)34(36(41)46)25-32-20-22-33(51-9)23-21-32/h1,13,15-16,18-23,27-30,34-35H,11-12,14,17,24-26H2,2-9H3,(H2,41,46)(H,42,47)/t27-,28+,29+,30-,34+,35+/m1/s1. The second kappa shape index (κ2) is 20.7. The molecular formula is C40H57N5O6. The van der Waals surface area contributed by atoms with Crippen LogP contribution in [0.5, 0.6) is 5.75 Å². The number of primary amides is 1. The summed E-state index contributed by atoms with van der Waals surface area (Å²) in [6.07, 6.45) is 10.1. The minimum Gasteiger partial charge on any atom is -0.497 e. The molecule has 3 N–H and O–H groups in total. The number of nitrogens with two attached hydrogens (primary N) is 1. The number of carbonyl (C=O) groups excluding carboxylic acids is 5. The summed E-state index contributed by atoms with van der Waals surface area (Å²) in [5.41, 5.74) is 7.34. The first-order valence-electron chi connectivity index (χ1n) is 17.6. The van der Waals surface area contributed by atoms with Gasteiger partial charge >= 0.3 is 0 Å². The number of nitrogens with zero attached hydrogens (tertiary/aromatic N) is 3. The number of terminal acetylenes is 1. The van der Waals surface area contributed by atoms with Crippen LogP contribution in [0.25, 0.3) is 0 Å². The molecule has 5 amide bonds. The van der Waals surface area contributed by atoms with E-state index in [9.17, 15) is 24.0 Å². The van der Waals surface area contributed by atoms with Gasteiger partial charge in [0.1, 0.15) is 29.9 Å². The summed E-state index contributed by atoms with van der Waals surface area (Å²) in [4.78, 5) is 71.0. The van der Waals surface area contributed by atoms with Gasteiger partial charge < -0.3 is 30.5 Å². The molecule has 0 radical (unpaired) electrons. The van der Waals surface area contributed by atoms with Crippen LogP contribution >= 0.6 is 0 Å². The van der Waals surface area contributed by atoms with Crippen molar-refractivity contribution in [3.8, 4) is 18.1 Å². The van der Waals surface area contributed by atoms with Crippen LogP contribution in [0.4, 0.5) is 0 Å². The molecule has 11 nitrogen and oxygen atoms in total. The molecule has 0 saturated heterocycles. The Hall–Kier alpha value is -4.85. The normalized spacial score (nSPS) is 14.4. The van der Waals surface area contributed by atoms with Crippen LogP contribution in [0.3, 0.4) is 0 Å². The molecule has 51 heavy (non-hydrogen) atoms. The number of rotatable bonds is 20. The molecule has 0 saturated carbocycles. The Labute approximate surface area is 304 Å². The van der Waals surface area contributed by atoms with E-state index < -0.39 is 47.8 Å². The smallest absolute Gasteiger partial charge is 0.245 e. The van der Waals surface area contributed by atoms with Crippen LogP contribution in [-0.4, -0.2) is 96.7 Å². The maximum atomic E-state index is 13.8. The molecule has 6 atom stereocenters. The molecular weight excluding hydrogens is 646 g/mol. The fourth-order valence-corrected chi connectivity index (χ4v) is 6.18. The van der Waals surface area contributed by atoms with E-state index in [1.54, 1.807) is 52.3 Å². The maximum Gasteiger partial charge on any atom is 0.245 e. The third-order valence-electron chi connectivity index (χ3n) is 9.58. The molecule has 2 aromatic rings. The van der Waals surface area contributed by atoms with Gasteiger partial charge in [0.25, 0.3) is 0 Å². The Balaban J connectivity index is 2.14. The van der Waals surface area contributed by atoms with Crippen molar-refractivity contribution in [1.82, 2.24) is 20.0 Å². The lowest BCUT2D eigenvalue weighted by Gasteiger charge is -2.34. The number of methoxy groups -OCH3 is 1. The molecule has 0 unspecified atom stereocenters. The number of unbranched alkanes of at least 4 members (excludes halogenated alkanes) is 2. The van der Waals surface area contributed by atoms with Gasteiger partial charge in [0.05, 0.1) is 7.11 Å². The highest BCUT2D eigenvalue weighted by atomic mass is 16.5. The van der Waals surface area contributed by atoms with E-state index in [4.69, 9.17) is 16.9 Å². The second-order valence-corrected chi connectivity index (χ2v) is 13.6. The molecule has 0 heterocycles. The molecule has 0 aliphatic carbocycles. The summed E-state index contributed by atoms with van der Waals surface area (Å²) in [5.74, 6) is 0.988. The molecule has 0 bridgehead atoms. The highest BCUT2D eigenvalue weighted by Gasteiger charge is 2.35. The van der Waals surface area contributed by atoms with Crippen molar-refractivity contribution in [1.29, 1.82) is 0 Å². The monoisotopic (exact) mass is 703 g/mol. The number of likely N-dealkylation sites (N-methyl/N-ethyl adjacent to an activating group) is 3. The summed E-state index contributed by atoms with van der Waals surface area (Å²) in [7, 11) is 6.12. The third-order valence-corrected chi connectivity index (χ3v) is 9.58. The average Bonchev–Trinajstić information content (AvgIpc) is 3.12. The van der Waals surface area contributed by atoms with Gasteiger partial charge in [-0.2, -0.15) is 0 Å². The fraction of sp³-hybridized carbons (Fsp3) is 0.525. The molecule has 0 aromatic heterocycles. The first kappa shape index (κ1) is 42.3. The van der Waals surface area contributed by atoms with Crippen molar-refractivity contribution < 1.29 is 28.7 Å². The number of nitrogens with one attached hydrogen (secondary N) is 1. The Bertz CT molecular complexity index is 1490. The minimum atomic E-state index is -1.02. The van der Waals surface area contributed by atoms with Crippen molar-refractivity contribution in [3.63, 3.8) is 0 Å². The quantitative estimate of drug-likeness (QED) is 0.159. The van der Waals surface area contributed by atoms with Gasteiger partial charge in [0.2, 0.25) is 29.5 Å². The first-order chi connectivity index (χ1) is 24.1. The van der Waals surface area contributed by atoms with E-state index in [2.05, 4.69) is 18.2 Å². The van der Waals surface area contributed by atoms with Crippen molar-refractivity contribution >= 4 is 29.5 Å². The predicted molar refractivity (Wildman–Crippen MR) is 199 cm³/mol. The van der Waals surface area contributed by atoms with E-state index in [0.29, 0.717) is 18.1 Å². The number of ether oxygens (including phenoxy) is 1. The highest BCUT2D eigenvalue weighted by molar-refractivity contribution is 5.95. The Kier molecular flexibility index (Phi) is 17.2. The van der Waals surface area contributed by atoms with E-state index in [-0.39, 0.29) is 24.7 Å². The van der Waals surface area contributed by atoms with Crippen LogP contribution in [0, 0.1) is 24.2 Å². The molecule has 0 aliphatic rings. The zero-order valence-corrected chi connectivity index (χ0v) is 31.6. The number of benzene rings is 2. The second-order valence-electron chi connectivity index (χ2n) is 13.6. The van der Waals surface area contributed by atoms with Crippen LogP contribution in [-0.2, 0) is 36.8 Å². The number of amides is 5. The van der Waals surface area contributed by atoms with Gasteiger partial charge in [-0.3, -0.25) is 24.0 Å². The molecule has 2 aromatic carbocycles. The zero-order chi connectivity index (χ0) is 38.2. The van der Waals surface area contributed by atoms with Gasteiger partial charge in [-0.15, -0.1) is 12.3 Å². The SMILES string of the molecule is C#CCCCC[C@@H](C)C[C@H](C)C(=O)N(C)[C@@H](Cc1ccccc1)C(=O)N[C@@H](C)C(=O)N(C)[C@H](C)C(=O)N(C)[C@@H](Cc1ccc(OC)cc1)C(N)=O. The largest absolute Gasteiger partial charge is 0.497 e. The topological polar surface area (TPSA) is 142 Å².